The van der Waals surface area contributed by atoms with E-state index in [0.717, 1.165) is 0 Å². The van der Waals surface area contributed by atoms with E-state index in [-0.39, 0.29) is 18.9 Å². The van der Waals surface area contributed by atoms with E-state index in [4.69, 9.17) is 13.3 Å². The van der Waals surface area contributed by atoms with Gasteiger partial charge in [-0.05, 0) is 33.6 Å². The number of halogens is 4. The minimum Gasteiger partial charge on any atom is -0.374 e. The molecule has 0 amide bonds. The second kappa shape index (κ2) is 9.70. The molecule has 20 heavy (non-hydrogen) atoms. The third kappa shape index (κ3) is 8.88. The summed E-state index contributed by atoms with van der Waals surface area (Å²) in [7, 11) is -3.08. The maximum absolute atomic E-state index is 12.4. The summed E-state index contributed by atoms with van der Waals surface area (Å²) in [4.78, 5) is 0. The van der Waals surface area contributed by atoms with Crippen molar-refractivity contribution in [2.75, 3.05) is 19.9 Å². The largest absolute Gasteiger partial charge is 0.501 e. The average Bonchev–Trinajstić information content (AvgIpc) is 2.34. The molecule has 0 fully saturated rings. The van der Waals surface area contributed by atoms with Crippen LogP contribution in [-0.4, -0.2) is 41.0 Å². The molecule has 0 radical (unpaired) electrons. The van der Waals surface area contributed by atoms with E-state index in [1.54, 1.807) is 20.8 Å². The molecule has 0 aromatic rings. The molecule has 0 saturated carbocycles. The Morgan fingerprint density at radius 2 is 1.65 bits per heavy atom. The third-order valence-electron chi connectivity index (χ3n) is 2.56. The SMILES string of the molecule is CCO[Si](CCCF)(OCC)OC(C)CCC(F)(F)F. The van der Waals surface area contributed by atoms with Crippen LogP contribution in [0, 0.1) is 0 Å². The molecule has 0 aromatic carbocycles. The van der Waals surface area contributed by atoms with Crippen LogP contribution in [0.2, 0.25) is 6.04 Å². The molecule has 0 aromatic heterocycles. The van der Waals surface area contributed by atoms with Crippen LogP contribution in [0.1, 0.15) is 40.0 Å². The minimum absolute atomic E-state index is 0.159. The molecule has 1 unspecified atom stereocenters. The summed E-state index contributed by atoms with van der Waals surface area (Å²) < 4.78 is 65.6. The van der Waals surface area contributed by atoms with Gasteiger partial charge in [-0.15, -0.1) is 0 Å². The lowest BCUT2D eigenvalue weighted by atomic mass is 10.2. The van der Waals surface area contributed by atoms with E-state index in [0.29, 0.717) is 13.2 Å². The summed E-state index contributed by atoms with van der Waals surface area (Å²) in [6.45, 7) is 5.17. The molecule has 0 aliphatic carbocycles. The first-order valence-corrected chi connectivity index (χ1v) is 8.80. The topological polar surface area (TPSA) is 27.7 Å². The van der Waals surface area contributed by atoms with Crippen molar-refractivity contribution in [2.45, 2.75) is 58.4 Å². The van der Waals surface area contributed by atoms with Crippen molar-refractivity contribution >= 4 is 8.80 Å². The van der Waals surface area contributed by atoms with Crippen molar-refractivity contribution in [1.82, 2.24) is 0 Å². The van der Waals surface area contributed by atoms with E-state index in [1.807, 2.05) is 0 Å². The fourth-order valence-electron chi connectivity index (χ4n) is 1.77. The van der Waals surface area contributed by atoms with E-state index in [1.165, 1.54) is 0 Å². The van der Waals surface area contributed by atoms with Crippen LogP contribution in [0.25, 0.3) is 0 Å². The van der Waals surface area contributed by atoms with Crippen LogP contribution in [-0.2, 0) is 13.3 Å². The maximum atomic E-state index is 12.4. The predicted octanol–water partition coefficient (Wildman–Crippen LogP) is 4.11. The van der Waals surface area contributed by atoms with Crippen molar-refractivity contribution < 1.29 is 30.8 Å². The van der Waals surface area contributed by atoms with Crippen molar-refractivity contribution in [3.63, 3.8) is 0 Å². The maximum Gasteiger partial charge on any atom is 0.501 e. The highest BCUT2D eigenvalue weighted by atomic mass is 28.4. The van der Waals surface area contributed by atoms with Crippen LogP contribution >= 0.6 is 0 Å². The van der Waals surface area contributed by atoms with Crippen molar-refractivity contribution in [2.24, 2.45) is 0 Å². The molecule has 122 valence electrons. The van der Waals surface area contributed by atoms with Gasteiger partial charge in [0.1, 0.15) is 0 Å². The number of hydrogen-bond acceptors (Lipinski definition) is 3. The summed E-state index contributed by atoms with van der Waals surface area (Å²) in [5.74, 6) is 0. The van der Waals surface area contributed by atoms with E-state index >= 15 is 0 Å². The molecular weight excluding hydrogens is 296 g/mol. The fourth-order valence-corrected chi connectivity index (χ4v) is 4.57. The molecule has 1 atom stereocenters. The van der Waals surface area contributed by atoms with Crippen molar-refractivity contribution in [1.29, 1.82) is 0 Å². The second-order valence-corrected chi connectivity index (χ2v) is 7.10. The van der Waals surface area contributed by atoms with Gasteiger partial charge in [0.2, 0.25) is 0 Å². The standard InChI is InChI=1S/C12H24F4O3Si/c1-4-17-20(18-5-2,10-6-9-13)19-11(3)7-8-12(14,15)16/h11H,4-10H2,1-3H3. The summed E-state index contributed by atoms with van der Waals surface area (Å²) in [6, 6.07) is 0.279. The quantitative estimate of drug-likeness (QED) is 0.424. The summed E-state index contributed by atoms with van der Waals surface area (Å²) in [5, 5.41) is 0. The monoisotopic (exact) mass is 320 g/mol. The Morgan fingerprint density at radius 3 is 2.05 bits per heavy atom. The first-order chi connectivity index (χ1) is 9.28. The summed E-state index contributed by atoms with van der Waals surface area (Å²) >= 11 is 0. The number of hydrogen-bond donors (Lipinski definition) is 0. The Bertz CT molecular complexity index is 245. The fraction of sp³-hybridized carbons (Fsp3) is 1.00. The third-order valence-corrected chi connectivity index (χ3v) is 5.74. The average molecular weight is 320 g/mol. The Morgan fingerprint density at radius 1 is 1.10 bits per heavy atom. The van der Waals surface area contributed by atoms with Crippen LogP contribution < -0.4 is 0 Å². The molecule has 0 saturated heterocycles. The molecular formula is C12H24F4O3Si. The lowest BCUT2D eigenvalue weighted by Crippen LogP contribution is -2.48. The van der Waals surface area contributed by atoms with E-state index in [2.05, 4.69) is 0 Å². The molecule has 0 N–H and O–H groups in total. The molecule has 0 heterocycles. The van der Waals surface area contributed by atoms with Crippen LogP contribution in [0.5, 0.6) is 0 Å². The van der Waals surface area contributed by atoms with Crippen molar-refractivity contribution in [3.05, 3.63) is 0 Å². The number of alkyl halides is 4. The van der Waals surface area contributed by atoms with E-state index < -0.39 is 34.2 Å². The first kappa shape index (κ1) is 19.8. The highest BCUT2D eigenvalue weighted by molar-refractivity contribution is 6.60. The zero-order chi connectivity index (χ0) is 15.6. The second-order valence-electron chi connectivity index (χ2n) is 4.42. The van der Waals surface area contributed by atoms with Gasteiger partial charge >= 0.3 is 15.0 Å². The van der Waals surface area contributed by atoms with Gasteiger partial charge in [-0.25, -0.2) is 0 Å². The van der Waals surface area contributed by atoms with Gasteiger partial charge in [0.25, 0.3) is 0 Å². The molecule has 3 nitrogen and oxygen atoms in total. The van der Waals surface area contributed by atoms with Gasteiger partial charge in [0, 0.05) is 31.8 Å². The van der Waals surface area contributed by atoms with Crippen LogP contribution in [0.15, 0.2) is 0 Å². The zero-order valence-electron chi connectivity index (χ0n) is 12.3. The normalized spacial score (nSPS) is 14.6. The Balaban J connectivity index is 4.58. The van der Waals surface area contributed by atoms with Crippen LogP contribution in [0.4, 0.5) is 17.6 Å². The lowest BCUT2D eigenvalue weighted by Gasteiger charge is -2.31. The van der Waals surface area contributed by atoms with Gasteiger partial charge in [-0.1, -0.05) is 0 Å². The Hall–Kier alpha value is -0.183. The van der Waals surface area contributed by atoms with Crippen LogP contribution in [0.3, 0.4) is 0 Å². The highest BCUT2D eigenvalue weighted by Crippen LogP contribution is 2.26. The number of rotatable bonds is 11. The lowest BCUT2D eigenvalue weighted by molar-refractivity contribution is -0.140. The molecule has 0 bridgehead atoms. The molecule has 0 aliphatic heterocycles. The zero-order valence-corrected chi connectivity index (χ0v) is 13.3. The van der Waals surface area contributed by atoms with Crippen molar-refractivity contribution in [3.8, 4) is 0 Å². The van der Waals surface area contributed by atoms with Gasteiger partial charge in [0.15, 0.2) is 0 Å². The Kier molecular flexibility index (Phi) is 9.61. The Labute approximate surface area is 119 Å². The summed E-state index contributed by atoms with van der Waals surface area (Å²) in [5.41, 5.74) is 0. The molecule has 8 heteroatoms. The van der Waals surface area contributed by atoms with E-state index in [9.17, 15) is 17.6 Å². The highest BCUT2D eigenvalue weighted by Gasteiger charge is 2.42. The molecule has 0 aliphatic rings. The predicted molar refractivity (Wildman–Crippen MR) is 70.2 cm³/mol. The van der Waals surface area contributed by atoms with Gasteiger partial charge in [-0.3, -0.25) is 4.39 Å². The summed E-state index contributed by atoms with van der Waals surface area (Å²) in [6.07, 6.45) is -5.70. The minimum atomic E-state index is -4.21. The first-order valence-electron chi connectivity index (χ1n) is 6.87. The smallest absolute Gasteiger partial charge is 0.374 e. The molecule has 0 rings (SSSR count). The van der Waals surface area contributed by atoms with Gasteiger partial charge in [-0.2, -0.15) is 13.2 Å². The van der Waals surface area contributed by atoms with Gasteiger partial charge < -0.3 is 13.3 Å². The molecule has 0 spiro atoms. The van der Waals surface area contributed by atoms with Gasteiger partial charge in [0.05, 0.1) is 6.67 Å².